The highest BCUT2D eigenvalue weighted by atomic mass is 19.1. The molecule has 128 valence electrons. The van der Waals surface area contributed by atoms with Gasteiger partial charge in [0.2, 0.25) is 5.89 Å². The van der Waals surface area contributed by atoms with Gasteiger partial charge in [0.1, 0.15) is 24.4 Å². The number of carbonyl (C=O) groups is 1. The molecule has 0 saturated carbocycles. The zero-order valence-corrected chi connectivity index (χ0v) is 13.4. The molecule has 7 heteroatoms. The Morgan fingerprint density at radius 2 is 1.81 bits per heavy atom. The Labute approximate surface area is 147 Å². The Kier molecular flexibility index (Phi) is 4.10. The standard InChI is InChI=1S/C19H12FN3O3/c20-14-4-1-12(2-5-14)18-23-15(10-25-18)11-26-19(24)13-3-6-16-17(9-13)22-8-7-21-16/h1-10H,11H2. The summed E-state index contributed by atoms with van der Waals surface area (Å²) in [5.41, 5.74) is 2.78. The fourth-order valence-electron chi connectivity index (χ4n) is 2.41. The van der Waals surface area contributed by atoms with Crippen molar-refractivity contribution in [1.29, 1.82) is 0 Å². The molecule has 0 fully saturated rings. The molecule has 0 aliphatic carbocycles. The molecule has 0 aliphatic rings. The van der Waals surface area contributed by atoms with Crippen LogP contribution in [0.4, 0.5) is 4.39 Å². The van der Waals surface area contributed by atoms with Crippen LogP contribution in [0.1, 0.15) is 16.1 Å². The third-order valence-corrected chi connectivity index (χ3v) is 3.70. The van der Waals surface area contributed by atoms with Crippen molar-refractivity contribution < 1.29 is 18.3 Å². The normalized spacial score (nSPS) is 10.8. The first kappa shape index (κ1) is 15.9. The van der Waals surface area contributed by atoms with Gasteiger partial charge in [0.05, 0.1) is 16.6 Å². The van der Waals surface area contributed by atoms with Gasteiger partial charge in [0, 0.05) is 18.0 Å². The second-order valence-corrected chi connectivity index (χ2v) is 5.49. The van der Waals surface area contributed by atoms with Crippen LogP contribution in [-0.4, -0.2) is 20.9 Å². The summed E-state index contributed by atoms with van der Waals surface area (Å²) in [6.07, 6.45) is 4.55. The zero-order chi connectivity index (χ0) is 17.9. The Morgan fingerprint density at radius 1 is 1.04 bits per heavy atom. The van der Waals surface area contributed by atoms with Crippen molar-refractivity contribution >= 4 is 17.0 Å². The van der Waals surface area contributed by atoms with Crippen molar-refractivity contribution in [3.05, 3.63) is 78.2 Å². The number of ether oxygens (including phenoxy) is 1. The monoisotopic (exact) mass is 349 g/mol. The number of carbonyl (C=O) groups excluding carboxylic acids is 1. The first-order chi connectivity index (χ1) is 12.7. The van der Waals surface area contributed by atoms with Crippen LogP contribution in [0.25, 0.3) is 22.5 Å². The number of hydrogen-bond donors (Lipinski definition) is 0. The summed E-state index contributed by atoms with van der Waals surface area (Å²) in [7, 11) is 0. The second-order valence-electron chi connectivity index (χ2n) is 5.49. The molecule has 0 amide bonds. The maximum atomic E-state index is 13.0. The van der Waals surface area contributed by atoms with E-state index in [1.54, 1.807) is 42.7 Å². The van der Waals surface area contributed by atoms with Crippen LogP contribution in [-0.2, 0) is 11.3 Å². The molecular formula is C19H12FN3O3. The van der Waals surface area contributed by atoms with Crippen LogP contribution >= 0.6 is 0 Å². The van der Waals surface area contributed by atoms with E-state index in [1.807, 2.05) is 0 Å². The van der Waals surface area contributed by atoms with E-state index in [0.717, 1.165) is 0 Å². The lowest BCUT2D eigenvalue weighted by molar-refractivity contribution is 0.0468. The lowest BCUT2D eigenvalue weighted by atomic mass is 10.2. The lowest BCUT2D eigenvalue weighted by Gasteiger charge is -2.03. The van der Waals surface area contributed by atoms with E-state index in [9.17, 15) is 9.18 Å². The number of fused-ring (bicyclic) bond motifs is 1. The highest BCUT2D eigenvalue weighted by Crippen LogP contribution is 2.19. The summed E-state index contributed by atoms with van der Waals surface area (Å²) in [4.78, 5) is 24.8. The highest BCUT2D eigenvalue weighted by Gasteiger charge is 2.12. The fourth-order valence-corrected chi connectivity index (χ4v) is 2.41. The molecule has 0 aliphatic heterocycles. The Bertz CT molecular complexity index is 1080. The summed E-state index contributed by atoms with van der Waals surface area (Å²) >= 11 is 0. The van der Waals surface area contributed by atoms with Crippen LogP contribution in [0.5, 0.6) is 0 Å². The fraction of sp³-hybridized carbons (Fsp3) is 0.0526. The molecule has 26 heavy (non-hydrogen) atoms. The van der Waals surface area contributed by atoms with E-state index in [2.05, 4.69) is 15.0 Å². The summed E-state index contributed by atoms with van der Waals surface area (Å²) in [5.74, 6) is -0.504. The third kappa shape index (κ3) is 3.27. The number of aromatic nitrogens is 3. The zero-order valence-electron chi connectivity index (χ0n) is 13.4. The van der Waals surface area contributed by atoms with E-state index >= 15 is 0 Å². The van der Waals surface area contributed by atoms with Crippen molar-refractivity contribution in [2.75, 3.05) is 0 Å². The molecule has 2 aromatic heterocycles. The molecule has 4 aromatic rings. The maximum absolute atomic E-state index is 13.0. The van der Waals surface area contributed by atoms with Crippen LogP contribution in [0.3, 0.4) is 0 Å². The summed E-state index contributed by atoms with van der Waals surface area (Å²) in [5, 5.41) is 0. The van der Waals surface area contributed by atoms with Crippen molar-refractivity contribution in [2.45, 2.75) is 6.61 Å². The molecule has 0 unspecified atom stereocenters. The first-order valence-corrected chi connectivity index (χ1v) is 7.77. The van der Waals surface area contributed by atoms with E-state index in [-0.39, 0.29) is 12.4 Å². The quantitative estimate of drug-likeness (QED) is 0.522. The minimum atomic E-state index is -0.496. The molecule has 4 rings (SSSR count). The summed E-state index contributed by atoms with van der Waals surface area (Å²) in [6.45, 7) is -0.0396. The smallest absolute Gasteiger partial charge is 0.338 e. The molecule has 0 atom stereocenters. The van der Waals surface area contributed by atoms with E-state index in [1.165, 1.54) is 18.4 Å². The summed E-state index contributed by atoms with van der Waals surface area (Å²) in [6, 6.07) is 10.7. The number of nitrogens with zero attached hydrogens (tertiary/aromatic N) is 3. The van der Waals surface area contributed by atoms with Gasteiger partial charge >= 0.3 is 5.97 Å². The topological polar surface area (TPSA) is 78.1 Å². The predicted octanol–water partition coefficient (Wildman–Crippen LogP) is 3.78. The number of esters is 1. The Morgan fingerprint density at radius 3 is 2.62 bits per heavy atom. The minimum absolute atomic E-state index is 0.0396. The molecule has 0 N–H and O–H groups in total. The van der Waals surface area contributed by atoms with E-state index in [4.69, 9.17) is 9.15 Å². The Balaban J connectivity index is 1.45. The minimum Gasteiger partial charge on any atom is -0.455 e. The Hall–Kier alpha value is -3.61. The largest absolute Gasteiger partial charge is 0.455 e. The van der Waals surface area contributed by atoms with Gasteiger partial charge in [-0.05, 0) is 42.5 Å². The van der Waals surface area contributed by atoms with Gasteiger partial charge in [-0.1, -0.05) is 0 Å². The molecule has 0 bridgehead atoms. The van der Waals surface area contributed by atoms with Gasteiger partial charge < -0.3 is 9.15 Å². The average Bonchev–Trinajstić information content (AvgIpc) is 3.15. The van der Waals surface area contributed by atoms with Crippen molar-refractivity contribution in [3.63, 3.8) is 0 Å². The van der Waals surface area contributed by atoms with Gasteiger partial charge in [-0.3, -0.25) is 9.97 Å². The van der Waals surface area contributed by atoms with E-state index in [0.29, 0.717) is 33.7 Å². The SMILES string of the molecule is O=C(OCc1coc(-c2ccc(F)cc2)n1)c1ccc2nccnc2c1. The number of hydrogen-bond acceptors (Lipinski definition) is 6. The molecule has 6 nitrogen and oxygen atoms in total. The van der Waals surface area contributed by atoms with Gasteiger partial charge in [0.25, 0.3) is 0 Å². The van der Waals surface area contributed by atoms with Crippen LogP contribution in [0.15, 0.2) is 65.5 Å². The van der Waals surface area contributed by atoms with Crippen LogP contribution in [0, 0.1) is 5.82 Å². The molecule has 2 heterocycles. The molecule has 0 saturated heterocycles. The lowest BCUT2D eigenvalue weighted by Crippen LogP contribution is -2.05. The predicted molar refractivity (Wildman–Crippen MR) is 90.6 cm³/mol. The molecule has 0 spiro atoms. The molecular weight excluding hydrogens is 337 g/mol. The van der Waals surface area contributed by atoms with Gasteiger partial charge in [0.15, 0.2) is 0 Å². The van der Waals surface area contributed by atoms with Crippen molar-refractivity contribution in [1.82, 2.24) is 15.0 Å². The number of oxazole rings is 1. The number of rotatable bonds is 4. The second kappa shape index (κ2) is 6.72. The first-order valence-electron chi connectivity index (χ1n) is 7.77. The molecule has 2 aromatic carbocycles. The number of benzene rings is 2. The molecule has 0 radical (unpaired) electrons. The third-order valence-electron chi connectivity index (χ3n) is 3.70. The van der Waals surface area contributed by atoms with Crippen molar-refractivity contribution in [2.24, 2.45) is 0 Å². The van der Waals surface area contributed by atoms with Crippen LogP contribution < -0.4 is 0 Å². The average molecular weight is 349 g/mol. The van der Waals surface area contributed by atoms with Gasteiger partial charge in [-0.15, -0.1) is 0 Å². The van der Waals surface area contributed by atoms with Gasteiger partial charge in [-0.25, -0.2) is 14.2 Å². The maximum Gasteiger partial charge on any atom is 0.338 e. The van der Waals surface area contributed by atoms with Crippen molar-refractivity contribution in [3.8, 4) is 11.5 Å². The van der Waals surface area contributed by atoms with Gasteiger partial charge in [-0.2, -0.15) is 0 Å². The van der Waals surface area contributed by atoms with E-state index < -0.39 is 5.97 Å². The van der Waals surface area contributed by atoms with Crippen LogP contribution in [0.2, 0.25) is 0 Å². The number of halogens is 1. The summed E-state index contributed by atoms with van der Waals surface area (Å²) < 4.78 is 23.6. The highest BCUT2D eigenvalue weighted by molar-refractivity contribution is 5.93.